The zero-order valence-electron chi connectivity index (χ0n) is 26.7. The van der Waals surface area contributed by atoms with Crippen LogP contribution in [0.4, 0.5) is 4.79 Å². The molecule has 1 N–H and O–H groups in total. The number of pyridine rings is 1. The molecule has 2 aliphatic carbocycles. The van der Waals surface area contributed by atoms with Gasteiger partial charge in [-0.2, -0.15) is 0 Å². The number of carbonyl (C=O) groups is 3. The molecule has 2 unspecified atom stereocenters. The van der Waals surface area contributed by atoms with Gasteiger partial charge < -0.3 is 28.7 Å². The van der Waals surface area contributed by atoms with Crippen LogP contribution in [0.3, 0.4) is 0 Å². The van der Waals surface area contributed by atoms with Gasteiger partial charge in [0.05, 0.1) is 30.3 Å². The largest absolute Gasteiger partial charge is 0.496 e. The van der Waals surface area contributed by atoms with Crippen LogP contribution in [-0.4, -0.2) is 63.6 Å². The zero-order chi connectivity index (χ0) is 31.8. The first-order chi connectivity index (χ1) is 21.4. The number of furan rings is 1. The quantitative estimate of drug-likeness (QED) is 0.237. The predicted molar refractivity (Wildman–Crippen MR) is 170 cm³/mol. The number of amides is 2. The number of hydrogen-bond acceptors (Lipinski definition) is 7. The molecule has 45 heavy (non-hydrogen) atoms. The van der Waals surface area contributed by atoms with E-state index in [1.165, 1.54) is 6.92 Å². The predicted octanol–water partition coefficient (Wildman–Crippen LogP) is 6.51. The number of methoxy groups -OCH3 is 1. The van der Waals surface area contributed by atoms with Crippen molar-refractivity contribution in [3.63, 3.8) is 0 Å². The van der Waals surface area contributed by atoms with Crippen LogP contribution >= 0.6 is 0 Å². The fourth-order valence-corrected chi connectivity index (χ4v) is 7.18. The van der Waals surface area contributed by atoms with E-state index >= 15 is 0 Å². The number of aryl methyl sites for hydroxylation is 1. The molecule has 4 heterocycles. The SMILES string of the molecule is COc1cc(C(=O)N2CC3CCC2[C@@H]3NC(=O)OC(C)(C)C)cc2oc(-c3cc4ccc(C(C)=O)nc4n3CC3CC3)c(C)c12. The van der Waals surface area contributed by atoms with E-state index in [2.05, 4.69) is 16.0 Å². The Kier molecular flexibility index (Phi) is 6.94. The lowest BCUT2D eigenvalue weighted by Gasteiger charge is -2.28. The van der Waals surface area contributed by atoms with E-state index in [0.29, 0.717) is 40.8 Å². The average Bonchev–Trinajstić information content (AvgIpc) is 3.34. The van der Waals surface area contributed by atoms with Gasteiger partial charge in [0.1, 0.15) is 28.3 Å². The van der Waals surface area contributed by atoms with Crippen molar-refractivity contribution in [3.8, 4) is 17.2 Å². The van der Waals surface area contributed by atoms with Crippen LogP contribution in [0.2, 0.25) is 0 Å². The maximum Gasteiger partial charge on any atom is 0.407 e. The number of ketones is 1. The van der Waals surface area contributed by atoms with Gasteiger partial charge in [-0.25, -0.2) is 9.78 Å². The zero-order valence-corrected chi connectivity index (χ0v) is 26.7. The number of fused-ring (bicyclic) bond motifs is 4. The van der Waals surface area contributed by atoms with Gasteiger partial charge in [-0.05, 0) is 95.5 Å². The molecule has 3 atom stereocenters. The molecule has 10 nitrogen and oxygen atoms in total. The standard InChI is InChI=1S/C35H40N4O6/c1-18-29-27(43-6)14-23(33(41)39-17-22-10-12-25(39)30(22)37-34(42)45-35(3,4)5)15-28(29)44-31(18)26-13-21-9-11-24(19(2)40)36-32(21)38(26)16-20-7-8-20/h9,11,13-15,20,22,25,30H,7-8,10,12,16-17H2,1-6H3,(H,37,42)/t22?,25?,30-/m1/s1. The summed E-state index contributed by atoms with van der Waals surface area (Å²) in [6.45, 7) is 10.4. The third-order valence-corrected chi connectivity index (χ3v) is 9.47. The second-order valence-electron chi connectivity index (χ2n) is 13.9. The molecule has 10 heteroatoms. The Morgan fingerprint density at radius 3 is 2.56 bits per heavy atom. The van der Waals surface area contributed by atoms with Crippen LogP contribution in [0, 0.1) is 18.8 Å². The van der Waals surface area contributed by atoms with Gasteiger partial charge in [0.15, 0.2) is 11.5 Å². The second kappa shape index (κ2) is 10.6. The van der Waals surface area contributed by atoms with Crippen LogP contribution in [0.1, 0.15) is 79.8 Å². The van der Waals surface area contributed by atoms with Crippen molar-refractivity contribution < 1.29 is 28.3 Å². The Balaban J connectivity index is 1.24. The summed E-state index contributed by atoms with van der Waals surface area (Å²) in [4.78, 5) is 45.3. The number of alkyl carbamates (subject to hydrolysis) is 1. The highest BCUT2D eigenvalue weighted by Gasteiger charge is 2.50. The summed E-state index contributed by atoms with van der Waals surface area (Å²) in [5.41, 5.74) is 3.47. The van der Waals surface area contributed by atoms with E-state index in [0.717, 1.165) is 59.9 Å². The first-order valence-electron chi connectivity index (χ1n) is 15.8. The van der Waals surface area contributed by atoms with E-state index in [4.69, 9.17) is 18.9 Å². The molecule has 1 aliphatic heterocycles. The highest BCUT2D eigenvalue weighted by atomic mass is 16.6. The topological polar surface area (TPSA) is 116 Å². The van der Waals surface area contributed by atoms with Crippen LogP contribution in [0.15, 0.2) is 34.7 Å². The molecule has 3 fully saturated rings. The molecule has 236 valence electrons. The van der Waals surface area contributed by atoms with Crippen LogP contribution in [0.25, 0.3) is 33.5 Å². The molecule has 0 radical (unpaired) electrons. The summed E-state index contributed by atoms with van der Waals surface area (Å²) in [6.07, 6.45) is 3.65. The maximum absolute atomic E-state index is 14.0. The van der Waals surface area contributed by atoms with Crippen molar-refractivity contribution in [1.82, 2.24) is 19.8 Å². The summed E-state index contributed by atoms with van der Waals surface area (Å²) < 4.78 is 20.1. The molecule has 1 saturated heterocycles. The Labute approximate surface area is 262 Å². The fourth-order valence-electron chi connectivity index (χ4n) is 7.18. The number of Topliss-reactive ketones (excluding diaryl/α,β-unsaturated/α-hetero) is 1. The number of hydrogen-bond donors (Lipinski definition) is 1. The van der Waals surface area contributed by atoms with Crippen molar-refractivity contribution in [2.45, 2.75) is 84.5 Å². The number of benzene rings is 1. The lowest BCUT2D eigenvalue weighted by Crippen LogP contribution is -2.46. The Bertz CT molecular complexity index is 1860. The molecule has 2 bridgehead atoms. The van der Waals surface area contributed by atoms with Crippen molar-refractivity contribution >= 4 is 39.8 Å². The van der Waals surface area contributed by atoms with Crippen molar-refractivity contribution in [2.75, 3.05) is 13.7 Å². The van der Waals surface area contributed by atoms with Crippen LogP contribution < -0.4 is 10.1 Å². The van der Waals surface area contributed by atoms with Crippen LogP contribution in [0.5, 0.6) is 5.75 Å². The van der Waals surface area contributed by atoms with Gasteiger partial charge in [0, 0.05) is 36.5 Å². The minimum Gasteiger partial charge on any atom is -0.496 e. The molecule has 2 amide bonds. The second-order valence-corrected chi connectivity index (χ2v) is 13.9. The first kappa shape index (κ1) is 29.4. The minimum absolute atomic E-state index is 0.0716. The monoisotopic (exact) mass is 612 g/mol. The Morgan fingerprint density at radius 1 is 1.09 bits per heavy atom. The molecule has 3 aliphatic rings. The smallest absolute Gasteiger partial charge is 0.407 e. The highest BCUT2D eigenvalue weighted by Crippen LogP contribution is 2.43. The number of piperidine rings is 1. The fraction of sp³-hybridized carbons (Fsp3) is 0.486. The van der Waals surface area contributed by atoms with Gasteiger partial charge in [0.25, 0.3) is 5.91 Å². The third-order valence-electron chi connectivity index (χ3n) is 9.47. The molecule has 0 spiro atoms. The van der Waals surface area contributed by atoms with Gasteiger partial charge in [-0.3, -0.25) is 9.59 Å². The number of nitrogens with zero attached hydrogens (tertiary/aromatic N) is 3. The Morgan fingerprint density at radius 2 is 1.87 bits per heavy atom. The number of likely N-dealkylation sites (tertiary alicyclic amines) is 1. The molecule has 2 saturated carbocycles. The van der Waals surface area contributed by atoms with Gasteiger partial charge in [-0.15, -0.1) is 0 Å². The molecule has 7 rings (SSSR count). The number of nitrogens with one attached hydrogen (secondary N) is 1. The van der Waals surface area contributed by atoms with Crippen molar-refractivity contribution in [2.24, 2.45) is 11.8 Å². The number of rotatable bonds is 7. The Hall–Kier alpha value is -4.34. The minimum atomic E-state index is -0.594. The number of ether oxygens (including phenoxy) is 2. The van der Waals surface area contributed by atoms with E-state index in [-0.39, 0.29) is 29.7 Å². The number of carbonyl (C=O) groups excluding carboxylic acids is 3. The summed E-state index contributed by atoms with van der Waals surface area (Å²) in [7, 11) is 1.60. The van der Waals surface area contributed by atoms with E-state index in [1.54, 1.807) is 25.3 Å². The molecule has 1 aromatic carbocycles. The number of aromatic nitrogens is 2. The summed E-state index contributed by atoms with van der Waals surface area (Å²) >= 11 is 0. The molecule has 3 aromatic heterocycles. The lowest BCUT2D eigenvalue weighted by atomic mass is 10.0. The van der Waals surface area contributed by atoms with Gasteiger partial charge >= 0.3 is 6.09 Å². The normalized spacial score (nSPS) is 21.1. The summed E-state index contributed by atoms with van der Waals surface area (Å²) in [5.74, 6) is 1.82. The highest BCUT2D eigenvalue weighted by molar-refractivity contribution is 6.02. The van der Waals surface area contributed by atoms with Crippen molar-refractivity contribution in [3.05, 3.63) is 47.2 Å². The summed E-state index contributed by atoms with van der Waals surface area (Å²) in [6, 6.07) is 9.13. The van der Waals surface area contributed by atoms with E-state index in [9.17, 15) is 14.4 Å². The van der Waals surface area contributed by atoms with E-state index in [1.807, 2.05) is 38.7 Å². The van der Waals surface area contributed by atoms with Gasteiger partial charge in [0.2, 0.25) is 0 Å². The van der Waals surface area contributed by atoms with Crippen molar-refractivity contribution in [1.29, 1.82) is 0 Å². The molecule has 4 aromatic rings. The average molecular weight is 613 g/mol. The van der Waals surface area contributed by atoms with Crippen LogP contribution in [-0.2, 0) is 11.3 Å². The van der Waals surface area contributed by atoms with Gasteiger partial charge in [-0.1, -0.05) is 0 Å². The third kappa shape index (κ3) is 5.23. The van der Waals surface area contributed by atoms with E-state index < -0.39 is 11.7 Å². The first-order valence-corrected chi connectivity index (χ1v) is 15.8. The maximum atomic E-state index is 14.0. The molecular formula is C35H40N4O6. The lowest BCUT2D eigenvalue weighted by molar-refractivity contribution is 0.0485. The molecular weight excluding hydrogens is 572 g/mol. The summed E-state index contributed by atoms with van der Waals surface area (Å²) in [5, 5.41) is 4.79.